The van der Waals surface area contributed by atoms with Gasteiger partial charge in [-0.2, -0.15) is 0 Å². The molecule has 0 N–H and O–H groups in total. The number of hydrogen-bond acceptors (Lipinski definition) is 4. The van der Waals surface area contributed by atoms with Gasteiger partial charge in [-0.1, -0.05) is 127 Å². The summed E-state index contributed by atoms with van der Waals surface area (Å²) in [5, 5.41) is 1.28. The van der Waals surface area contributed by atoms with Gasteiger partial charge in [-0.3, -0.25) is 0 Å². The first-order chi connectivity index (χ1) is 19.4. The fraction of sp³-hybridized carbons (Fsp3) is 0.0294. The molecule has 0 aliphatic carbocycles. The molecule has 2 heterocycles. The van der Waals surface area contributed by atoms with E-state index in [1.807, 2.05) is 36.4 Å². The normalized spacial score (nSPS) is 16.2. The molecule has 5 heteroatoms. The Morgan fingerprint density at radius 1 is 0.487 bits per heavy atom. The van der Waals surface area contributed by atoms with Crippen molar-refractivity contribution in [2.45, 2.75) is 5.66 Å². The minimum Gasteiger partial charge on any atom is -0.314 e. The summed E-state index contributed by atoms with van der Waals surface area (Å²) in [6, 6.07) is 50.5. The highest BCUT2D eigenvalue weighted by molar-refractivity contribution is 7.68. The molecule has 0 radical (unpaired) electrons. The van der Waals surface area contributed by atoms with E-state index in [0.717, 1.165) is 17.0 Å². The van der Waals surface area contributed by atoms with E-state index in [2.05, 4.69) is 114 Å². The van der Waals surface area contributed by atoms with Crippen LogP contribution in [0.4, 0.5) is 11.4 Å². The molecule has 0 saturated carbocycles. The van der Waals surface area contributed by atoms with Crippen LogP contribution in [0.3, 0.4) is 0 Å². The second-order valence-electron chi connectivity index (χ2n) is 9.36. The minimum absolute atomic E-state index is 0.0354. The molecule has 7 rings (SSSR count). The second-order valence-corrected chi connectivity index (χ2v) is 11.5. The summed E-state index contributed by atoms with van der Waals surface area (Å²) in [5.74, 6) is 2.18. The van der Waals surface area contributed by atoms with E-state index in [0.29, 0.717) is 11.6 Å². The molecule has 0 fully saturated rings. The molecule has 0 bridgehead atoms. The molecule has 1 aliphatic rings. The topological polar surface area (TPSA) is 41.9 Å². The summed E-state index contributed by atoms with van der Waals surface area (Å²) in [6.07, 6.45) is 0. The molecule has 0 saturated heterocycles. The highest BCUT2D eigenvalue weighted by Crippen LogP contribution is 2.67. The molecular weight excluding hydrogens is 495 g/mol. The zero-order valence-corrected chi connectivity index (χ0v) is 22.1. The zero-order valence-electron chi connectivity index (χ0n) is 21.2. The number of nitrogens with zero attached hydrogens (tertiary/aromatic N) is 4. The average Bonchev–Trinajstić information content (AvgIpc) is 3.38. The van der Waals surface area contributed by atoms with Gasteiger partial charge in [-0.25, -0.2) is 15.0 Å². The Morgan fingerprint density at radius 3 is 1.56 bits per heavy atom. The summed E-state index contributed by atoms with van der Waals surface area (Å²) in [4.78, 5) is 15.3. The number of anilines is 2. The lowest BCUT2D eigenvalue weighted by Crippen LogP contribution is -2.17. The van der Waals surface area contributed by atoms with Crippen molar-refractivity contribution in [2.75, 3.05) is 4.67 Å². The van der Waals surface area contributed by atoms with Gasteiger partial charge < -0.3 is 4.67 Å². The van der Waals surface area contributed by atoms with E-state index in [4.69, 9.17) is 15.0 Å². The summed E-state index contributed by atoms with van der Waals surface area (Å²) < 4.78 is 2.50. The lowest BCUT2D eigenvalue weighted by atomic mass is 10.1. The van der Waals surface area contributed by atoms with E-state index in [9.17, 15) is 0 Å². The Balaban J connectivity index is 1.49. The van der Waals surface area contributed by atoms with Crippen LogP contribution in [0.5, 0.6) is 0 Å². The van der Waals surface area contributed by atoms with Gasteiger partial charge in [0.2, 0.25) is 0 Å². The first kappa shape index (κ1) is 23.5. The smallest absolute Gasteiger partial charge is 0.163 e. The molecule has 1 aliphatic heterocycles. The lowest BCUT2D eigenvalue weighted by molar-refractivity contribution is 0.921. The Morgan fingerprint density at radius 2 is 0.974 bits per heavy atom. The van der Waals surface area contributed by atoms with E-state index in [-0.39, 0.29) is 5.66 Å². The Labute approximate surface area is 229 Å². The maximum atomic E-state index is 5.18. The summed E-state index contributed by atoms with van der Waals surface area (Å²) in [6.45, 7) is 0. The van der Waals surface area contributed by atoms with Crippen molar-refractivity contribution in [3.63, 3.8) is 0 Å². The first-order valence-electron chi connectivity index (χ1n) is 13.0. The van der Waals surface area contributed by atoms with Gasteiger partial charge in [0.15, 0.2) is 11.6 Å². The van der Waals surface area contributed by atoms with Crippen molar-refractivity contribution in [1.29, 1.82) is 0 Å². The van der Waals surface area contributed by atoms with Crippen molar-refractivity contribution in [3.05, 3.63) is 157 Å². The van der Waals surface area contributed by atoms with Gasteiger partial charge in [0, 0.05) is 30.6 Å². The zero-order chi connectivity index (χ0) is 26.0. The van der Waals surface area contributed by atoms with Crippen LogP contribution >= 0.6 is 8.07 Å². The Kier molecular flexibility index (Phi) is 6.16. The number of hydrogen-bond donors (Lipinski definition) is 0. The second kappa shape index (κ2) is 10.2. The van der Waals surface area contributed by atoms with E-state index < -0.39 is 8.07 Å². The fourth-order valence-corrected chi connectivity index (χ4v) is 8.00. The molecule has 0 spiro atoms. The predicted molar refractivity (Wildman–Crippen MR) is 161 cm³/mol. The van der Waals surface area contributed by atoms with Gasteiger partial charge >= 0.3 is 0 Å². The molecule has 0 amide bonds. The van der Waals surface area contributed by atoms with Crippen LogP contribution in [0.25, 0.3) is 22.8 Å². The predicted octanol–water partition coefficient (Wildman–Crippen LogP) is 8.17. The van der Waals surface area contributed by atoms with Crippen LogP contribution in [0.15, 0.2) is 146 Å². The van der Waals surface area contributed by atoms with Crippen molar-refractivity contribution >= 4 is 24.8 Å². The van der Waals surface area contributed by atoms with Crippen LogP contribution in [0, 0.1) is 0 Å². The van der Waals surface area contributed by atoms with Gasteiger partial charge in [0.25, 0.3) is 0 Å². The third kappa shape index (κ3) is 4.39. The molecule has 186 valence electrons. The molecule has 5 aromatic carbocycles. The number of fused-ring (bicyclic) bond motifs is 1. The van der Waals surface area contributed by atoms with Crippen molar-refractivity contribution in [3.8, 4) is 22.8 Å². The fourth-order valence-electron chi connectivity index (χ4n) is 5.15. The number of aromatic nitrogens is 3. The van der Waals surface area contributed by atoms with Gasteiger partial charge in [-0.05, 0) is 29.1 Å². The van der Waals surface area contributed by atoms with E-state index >= 15 is 0 Å². The minimum atomic E-state index is -0.929. The lowest BCUT2D eigenvalue weighted by Gasteiger charge is -2.30. The molecule has 39 heavy (non-hydrogen) atoms. The van der Waals surface area contributed by atoms with E-state index in [1.165, 1.54) is 22.2 Å². The summed E-state index contributed by atoms with van der Waals surface area (Å²) >= 11 is 0. The highest BCUT2D eigenvalue weighted by atomic mass is 31.1. The maximum Gasteiger partial charge on any atom is 0.163 e. The third-order valence-electron chi connectivity index (χ3n) is 6.90. The molecular formula is C34H25N4P. The molecule has 2 unspecified atom stereocenters. The number of rotatable bonds is 5. The standard InChI is InChI=1S/C34H25N4P/c1-5-15-25(16-6-1)32-35-33(26-17-7-2-8-18-26)37-34(36-32)31-29-23-13-14-24-30(29)38(27-19-9-3-10-20-27)39(31)28-21-11-4-12-22-28/h1-24,31H. The maximum absolute atomic E-state index is 5.18. The van der Waals surface area contributed by atoms with Crippen LogP contribution < -0.4 is 9.97 Å². The van der Waals surface area contributed by atoms with Gasteiger partial charge in [0.1, 0.15) is 5.82 Å². The van der Waals surface area contributed by atoms with E-state index in [1.54, 1.807) is 0 Å². The number of benzene rings is 5. The summed E-state index contributed by atoms with van der Waals surface area (Å²) in [5.41, 5.74) is 5.53. The third-order valence-corrected chi connectivity index (χ3v) is 9.61. The molecule has 4 nitrogen and oxygen atoms in total. The Hall–Kier alpha value is -4.66. The molecule has 1 aromatic heterocycles. The quantitative estimate of drug-likeness (QED) is 0.215. The van der Waals surface area contributed by atoms with Crippen molar-refractivity contribution in [1.82, 2.24) is 15.0 Å². The van der Waals surface area contributed by atoms with Crippen LogP contribution in [0.2, 0.25) is 0 Å². The first-order valence-corrected chi connectivity index (χ1v) is 14.4. The van der Waals surface area contributed by atoms with Crippen molar-refractivity contribution < 1.29 is 0 Å². The van der Waals surface area contributed by atoms with Gasteiger partial charge in [0.05, 0.1) is 5.66 Å². The highest BCUT2D eigenvalue weighted by Gasteiger charge is 2.43. The summed E-state index contributed by atoms with van der Waals surface area (Å²) in [7, 11) is -0.929. The SMILES string of the molecule is c1ccc(-c2nc(-c3ccccc3)nc(C3c4ccccc4N(c4ccccc4)P3c3ccccc3)n2)cc1. The number of para-hydroxylation sites is 2. The van der Waals surface area contributed by atoms with Crippen LogP contribution in [0.1, 0.15) is 17.0 Å². The van der Waals surface area contributed by atoms with Crippen LogP contribution in [-0.2, 0) is 0 Å². The molecule has 6 aromatic rings. The monoisotopic (exact) mass is 520 g/mol. The van der Waals surface area contributed by atoms with Gasteiger partial charge in [-0.15, -0.1) is 0 Å². The Bertz CT molecular complexity index is 1650. The average molecular weight is 521 g/mol. The largest absolute Gasteiger partial charge is 0.314 e. The van der Waals surface area contributed by atoms with Crippen LogP contribution in [-0.4, -0.2) is 15.0 Å². The van der Waals surface area contributed by atoms with Crippen molar-refractivity contribution in [2.24, 2.45) is 0 Å². The molecule has 2 atom stereocenters.